The highest BCUT2D eigenvalue weighted by molar-refractivity contribution is 5.48. The number of hydrogen-bond donors (Lipinski definition) is 2. The Bertz CT molecular complexity index is 484. The largest absolute Gasteiger partial charge is 0.368 e. The maximum atomic E-state index is 11.2. The topological polar surface area (TPSA) is 89.1 Å². The molecule has 76 valence electrons. The van der Waals surface area contributed by atoms with Crippen LogP contribution in [0.5, 0.6) is 0 Å². The van der Waals surface area contributed by atoms with Gasteiger partial charge in [-0.3, -0.25) is 9.78 Å². The van der Waals surface area contributed by atoms with Gasteiger partial charge in [-0.2, -0.15) is 0 Å². The maximum absolute atomic E-state index is 11.2. The summed E-state index contributed by atoms with van der Waals surface area (Å²) in [5.41, 5.74) is 6.13. The standard InChI is InChI=1S/C6H7N5O.C2H6/c1-3-4-5(12)9-6(7)10-11(4)2-8-3;1-2/h2H,1H3,(H3,7,9,10,12);1-2H3. The fourth-order valence-corrected chi connectivity index (χ4v) is 1.09. The Balaban J connectivity index is 0.000000461. The molecule has 2 aromatic rings. The predicted molar refractivity (Wildman–Crippen MR) is 54.1 cm³/mol. The number of fused-ring (bicyclic) bond motifs is 1. The van der Waals surface area contributed by atoms with Crippen LogP contribution in [0.2, 0.25) is 0 Å². The van der Waals surface area contributed by atoms with Crippen LogP contribution < -0.4 is 11.3 Å². The molecule has 14 heavy (non-hydrogen) atoms. The quantitative estimate of drug-likeness (QED) is 0.634. The van der Waals surface area contributed by atoms with Crippen LogP contribution in [0.1, 0.15) is 19.5 Å². The zero-order valence-electron chi connectivity index (χ0n) is 8.40. The molecule has 6 heteroatoms. The smallest absolute Gasteiger partial charge is 0.278 e. The first kappa shape index (κ1) is 10.2. The van der Waals surface area contributed by atoms with Crippen molar-refractivity contribution in [3.8, 4) is 0 Å². The van der Waals surface area contributed by atoms with E-state index in [1.54, 1.807) is 6.92 Å². The zero-order chi connectivity index (χ0) is 10.7. The van der Waals surface area contributed by atoms with Gasteiger partial charge in [0.25, 0.3) is 5.56 Å². The molecule has 3 N–H and O–H groups in total. The molecule has 0 radical (unpaired) electrons. The summed E-state index contributed by atoms with van der Waals surface area (Å²) >= 11 is 0. The fourth-order valence-electron chi connectivity index (χ4n) is 1.09. The Kier molecular flexibility index (Phi) is 2.85. The van der Waals surface area contributed by atoms with Crippen molar-refractivity contribution in [2.24, 2.45) is 0 Å². The van der Waals surface area contributed by atoms with Crippen LogP contribution >= 0.6 is 0 Å². The summed E-state index contributed by atoms with van der Waals surface area (Å²) in [4.78, 5) is 17.6. The lowest BCUT2D eigenvalue weighted by Gasteiger charge is -1.93. The lowest BCUT2D eigenvalue weighted by Crippen LogP contribution is -2.15. The molecule has 2 heterocycles. The number of imidazole rings is 1. The number of aromatic nitrogens is 4. The molecule has 0 saturated heterocycles. The van der Waals surface area contributed by atoms with E-state index < -0.39 is 0 Å². The SMILES string of the molecule is CC.Cc1ncn2nc(N)[nH]c(=O)c12. The van der Waals surface area contributed by atoms with E-state index in [1.807, 2.05) is 13.8 Å². The molecule has 2 rings (SSSR count). The van der Waals surface area contributed by atoms with Gasteiger partial charge in [-0.15, -0.1) is 5.10 Å². The number of aromatic amines is 1. The molecule has 0 aliphatic carbocycles. The van der Waals surface area contributed by atoms with Crippen LogP contribution in [-0.2, 0) is 0 Å². The van der Waals surface area contributed by atoms with Crippen LogP contribution in [0.4, 0.5) is 5.95 Å². The minimum absolute atomic E-state index is 0.0879. The molecule has 0 bridgehead atoms. The minimum Gasteiger partial charge on any atom is -0.368 e. The second kappa shape index (κ2) is 3.91. The Morgan fingerprint density at radius 2 is 2.14 bits per heavy atom. The third kappa shape index (κ3) is 1.59. The molecule has 6 nitrogen and oxygen atoms in total. The number of nitrogens with zero attached hydrogens (tertiary/aromatic N) is 3. The summed E-state index contributed by atoms with van der Waals surface area (Å²) in [5, 5.41) is 3.83. The minimum atomic E-state index is -0.266. The van der Waals surface area contributed by atoms with Crippen molar-refractivity contribution >= 4 is 11.5 Å². The van der Waals surface area contributed by atoms with E-state index in [4.69, 9.17) is 5.73 Å². The van der Waals surface area contributed by atoms with E-state index in [2.05, 4.69) is 15.1 Å². The summed E-state index contributed by atoms with van der Waals surface area (Å²) in [7, 11) is 0. The highest BCUT2D eigenvalue weighted by atomic mass is 16.1. The Hall–Kier alpha value is -1.85. The molecule has 0 fully saturated rings. The molecule has 0 saturated carbocycles. The first-order valence-electron chi connectivity index (χ1n) is 4.38. The van der Waals surface area contributed by atoms with Gasteiger partial charge in [-0.05, 0) is 6.92 Å². The highest BCUT2D eigenvalue weighted by Crippen LogP contribution is 1.99. The number of anilines is 1. The number of hydrogen-bond acceptors (Lipinski definition) is 4. The van der Waals surface area contributed by atoms with Crippen molar-refractivity contribution in [2.75, 3.05) is 5.73 Å². The number of H-pyrrole nitrogens is 1. The van der Waals surface area contributed by atoms with Crippen molar-refractivity contribution in [3.05, 3.63) is 22.4 Å². The molecule has 0 amide bonds. The van der Waals surface area contributed by atoms with Gasteiger partial charge in [0.1, 0.15) is 6.33 Å². The number of rotatable bonds is 0. The van der Waals surface area contributed by atoms with Crippen molar-refractivity contribution < 1.29 is 0 Å². The van der Waals surface area contributed by atoms with E-state index in [9.17, 15) is 4.79 Å². The van der Waals surface area contributed by atoms with Crippen LogP contribution in [0.25, 0.3) is 5.52 Å². The number of nitrogens with two attached hydrogens (primary N) is 1. The maximum Gasteiger partial charge on any atom is 0.278 e. The summed E-state index contributed by atoms with van der Waals surface area (Å²) in [6.07, 6.45) is 1.45. The zero-order valence-corrected chi connectivity index (χ0v) is 8.40. The van der Waals surface area contributed by atoms with Gasteiger partial charge in [0.2, 0.25) is 5.95 Å². The number of nitrogen functional groups attached to an aromatic ring is 1. The first-order valence-corrected chi connectivity index (χ1v) is 4.38. The highest BCUT2D eigenvalue weighted by Gasteiger charge is 2.04. The van der Waals surface area contributed by atoms with Crippen LogP contribution in [0, 0.1) is 6.92 Å². The van der Waals surface area contributed by atoms with Crippen molar-refractivity contribution in [1.29, 1.82) is 0 Å². The van der Waals surface area contributed by atoms with E-state index in [0.29, 0.717) is 11.2 Å². The molecular formula is C8H13N5O. The van der Waals surface area contributed by atoms with Crippen LogP contribution in [-0.4, -0.2) is 19.6 Å². The lowest BCUT2D eigenvalue weighted by molar-refractivity contribution is 0.893. The molecule has 2 aromatic heterocycles. The predicted octanol–water partition coefficient (Wildman–Crippen LogP) is 0.334. The van der Waals surface area contributed by atoms with Crippen molar-refractivity contribution in [1.82, 2.24) is 19.6 Å². The Labute approximate surface area is 80.8 Å². The third-order valence-corrected chi connectivity index (χ3v) is 1.60. The molecule has 0 aromatic carbocycles. The summed E-state index contributed by atoms with van der Waals surface area (Å²) < 4.78 is 1.36. The van der Waals surface area contributed by atoms with Gasteiger partial charge in [0, 0.05) is 0 Å². The van der Waals surface area contributed by atoms with E-state index in [0.717, 1.165) is 0 Å². The number of aryl methyl sites for hydroxylation is 1. The van der Waals surface area contributed by atoms with Gasteiger partial charge in [0.05, 0.1) is 5.69 Å². The van der Waals surface area contributed by atoms with Crippen molar-refractivity contribution in [2.45, 2.75) is 20.8 Å². The average Bonchev–Trinajstić information content (AvgIpc) is 2.51. The van der Waals surface area contributed by atoms with Gasteiger partial charge in [-0.1, -0.05) is 13.8 Å². The van der Waals surface area contributed by atoms with E-state index >= 15 is 0 Å². The molecule has 0 aliphatic heterocycles. The van der Waals surface area contributed by atoms with Crippen LogP contribution in [0.15, 0.2) is 11.1 Å². The van der Waals surface area contributed by atoms with Gasteiger partial charge in [0.15, 0.2) is 5.52 Å². The molecule has 0 aliphatic rings. The third-order valence-electron chi connectivity index (χ3n) is 1.60. The first-order chi connectivity index (χ1) is 6.68. The normalized spacial score (nSPS) is 9.64. The number of nitrogens with one attached hydrogen (secondary N) is 1. The Morgan fingerprint density at radius 3 is 2.79 bits per heavy atom. The molecule has 0 atom stereocenters. The summed E-state index contributed by atoms with van der Waals surface area (Å²) in [5.74, 6) is 0.0879. The average molecular weight is 195 g/mol. The van der Waals surface area contributed by atoms with Gasteiger partial charge >= 0.3 is 0 Å². The van der Waals surface area contributed by atoms with Crippen LogP contribution in [0.3, 0.4) is 0 Å². The van der Waals surface area contributed by atoms with Crippen molar-refractivity contribution in [3.63, 3.8) is 0 Å². The fraction of sp³-hybridized carbons (Fsp3) is 0.375. The monoisotopic (exact) mass is 195 g/mol. The molecule has 0 unspecified atom stereocenters. The van der Waals surface area contributed by atoms with Gasteiger partial charge < -0.3 is 5.73 Å². The Morgan fingerprint density at radius 1 is 1.50 bits per heavy atom. The van der Waals surface area contributed by atoms with E-state index in [-0.39, 0.29) is 11.5 Å². The second-order valence-electron chi connectivity index (χ2n) is 2.46. The lowest BCUT2D eigenvalue weighted by atomic mass is 10.4. The van der Waals surface area contributed by atoms with Gasteiger partial charge in [-0.25, -0.2) is 9.50 Å². The molecule has 0 spiro atoms. The summed E-state index contributed by atoms with van der Waals surface area (Å²) in [6, 6.07) is 0. The summed E-state index contributed by atoms with van der Waals surface area (Å²) in [6.45, 7) is 5.74. The second-order valence-corrected chi connectivity index (χ2v) is 2.46. The van der Waals surface area contributed by atoms with E-state index in [1.165, 1.54) is 10.8 Å². The molecular weight excluding hydrogens is 182 g/mol.